The Kier molecular flexibility index (Phi) is 7.63. The summed E-state index contributed by atoms with van der Waals surface area (Å²) in [5, 5.41) is 0. The van der Waals surface area contributed by atoms with Crippen LogP contribution in [0, 0.1) is 11.3 Å². The molecule has 1 aliphatic rings. The Labute approximate surface area is 150 Å². The minimum Gasteiger partial charge on any atom is -0.338 e. The summed E-state index contributed by atoms with van der Waals surface area (Å²) >= 11 is 2.41. The van der Waals surface area contributed by atoms with E-state index in [4.69, 9.17) is 0 Å². The summed E-state index contributed by atoms with van der Waals surface area (Å²) in [6, 6.07) is 0. The van der Waals surface area contributed by atoms with E-state index in [2.05, 4.69) is 61.3 Å². The third-order valence-electron chi connectivity index (χ3n) is 4.44. The highest BCUT2D eigenvalue weighted by Gasteiger charge is 2.49. The SMILES string of the molecule is CC(C)=CCCC1(C)CC1CN(CC(C)I)C(=O)C=C(C)C. The van der Waals surface area contributed by atoms with Crippen molar-refractivity contribution in [2.75, 3.05) is 13.1 Å². The Morgan fingerprint density at radius 2 is 1.95 bits per heavy atom. The summed E-state index contributed by atoms with van der Waals surface area (Å²) in [6.45, 7) is 14.6. The molecule has 0 aliphatic heterocycles. The fourth-order valence-corrected chi connectivity index (χ4v) is 3.42. The fourth-order valence-electron chi connectivity index (χ4n) is 2.95. The molecule has 0 radical (unpaired) electrons. The van der Waals surface area contributed by atoms with Crippen molar-refractivity contribution in [2.45, 2.75) is 64.7 Å². The minimum absolute atomic E-state index is 0.182. The van der Waals surface area contributed by atoms with Gasteiger partial charge in [0.2, 0.25) is 5.91 Å². The van der Waals surface area contributed by atoms with Gasteiger partial charge >= 0.3 is 0 Å². The second kappa shape index (κ2) is 8.51. The lowest BCUT2D eigenvalue weighted by Gasteiger charge is -2.24. The van der Waals surface area contributed by atoms with Crippen LogP contribution in [0.15, 0.2) is 23.3 Å². The number of hydrogen-bond acceptors (Lipinski definition) is 1. The van der Waals surface area contributed by atoms with Crippen LogP contribution < -0.4 is 0 Å². The summed E-state index contributed by atoms with van der Waals surface area (Å²) in [4.78, 5) is 14.5. The standard InChI is InChI=1S/C19H32INO/c1-14(2)8-7-9-19(6)11-17(19)13-21(12-16(5)20)18(22)10-15(3)4/h8,10,16-17H,7,9,11-13H2,1-6H3. The molecule has 0 aromatic heterocycles. The Morgan fingerprint density at radius 1 is 1.32 bits per heavy atom. The molecule has 0 saturated heterocycles. The molecular weight excluding hydrogens is 385 g/mol. The Morgan fingerprint density at radius 3 is 2.45 bits per heavy atom. The van der Waals surface area contributed by atoms with Crippen LogP contribution in [0.4, 0.5) is 0 Å². The number of carbonyl (C=O) groups excluding carboxylic acids is 1. The maximum atomic E-state index is 12.4. The highest BCUT2D eigenvalue weighted by molar-refractivity contribution is 14.1. The molecule has 0 bridgehead atoms. The first kappa shape index (κ1) is 19.7. The normalized spacial score (nSPS) is 24.4. The lowest BCUT2D eigenvalue weighted by molar-refractivity contribution is -0.126. The lowest BCUT2D eigenvalue weighted by Crippen LogP contribution is -2.36. The average Bonchev–Trinajstić information content (AvgIpc) is 2.96. The molecule has 0 N–H and O–H groups in total. The number of amides is 1. The number of alkyl halides is 1. The fraction of sp³-hybridized carbons (Fsp3) is 0.737. The van der Waals surface area contributed by atoms with Gasteiger partial charge in [0.25, 0.3) is 0 Å². The molecule has 1 fully saturated rings. The predicted octanol–water partition coefficient (Wildman–Crippen LogP) is 5.38. The summed E-state index contributed by atoms with van der Waals surface area (Å²) < 4.78 is 0.489. The van der Waals surface area contributed by atoms with E-state index >= 15 is 0 Å². The topological polar surface area (TPSA) is 20.3 Å². The van der Waals surface area contributed by atoms with E-state index in [1.165, 1.54) is 24.8 Å². The first-order valence-corrected chi connectivity index (χ1v) is 9.60. The zero-order valence-electron chi connectivity index (χ0n) is 15.1. The molecule has 126 valence electrons. The highest BCUT2D eigenvalue weighted by Crippen LogP contribution is 2.55. The number of carbonyl (C=O) groups is 1. The number of rotatable bonds is 8. The quantitative estimate of drug-likeness (QED) is 0.225. The van der Waals surface area contributed by atoms with Crippen molar-refractivity contribution < 1.29 is 4.79 Å². The van der Waals surface area contributed by atoms with E-state index < -0.39 is 0 Å². The van der Waals surface area contributed by atoms with E-state index in [0.29, 0.717) is 15.3 Å². The van der Waals surface area contributed by atoms with Gasteiger partial charge in [0.1, 0.15) is 0 Å². The zero-order chi connectivity index (χ0) is 16.9. The Bertz CT molecular complexity index is 444. The van der Waals surface area contributed by atoms with Gasteiger partial charge in [-0.2, -0.15) is 0 Å². The summed E-state index contributed by atoms with van der Waals surface area (Å²) in [7, 11) is 0. The minimum atomic E-state index is 0.182. The summed E-state index contributed by atoms with van der Waals surface area (Å²) in [5.74, 6) is 0.852. The van der Waals surface area contributed by atoms with Crippen LogP contribution in [-0.4, -0.2) is 27.8 Å². The largest absolute Gasteiger partial charge is 0.338 e. The second-order valence-electron chi connectivity index (χ2n) is 7.62. The van der Waals surface area contributed by atoms with Gasteiger partial charge in [-0.15, -0.1) is 0 Å². The van der Waals surface area contributed by atoms with Crippen LogP contribution in [0.3, 0.4) is 0 Å². The zero-order valence-corrected chi connectivity index (χ0v) is 17.2. The van der Waals surface area contributed by atoms with Gasteiger partial charge in [-0.05, 0) is 58.3 Å². The predicted molar refractivity (Wildman–Crippen MR) is 104 cm³/mol. The number of halogens is 1. The van der Waals surface area contributed by atoms with E-state index in [0.717, 1.165) is 18.7 Å². The molecule has 1 aliphatic carbocycles. The second-order valence-corrected chi connectivity index (χ2v) is 9.75. The van der Waals surface area contributed by atoms with E-state index in [1.54, 1.807) is 6.08 Å². The van der Waals surface area contributed by atoms with Crippen molar-refractivity contribution >= 4 is 28.5 Å². The van der Waals surface area contributed by atoms with Crippen LogP contribution in [0.25, 0.3) is 0 Å². The van der Waals surface area contributed by atoms with Crippen molar-refractivity contribution in [3.8, 4) is 0 Å². The molecule has 0 heterocycles. The van der Waals surface area contributed by atoms with E-state index in [9.17, 15) is 4.79 Å². The number of hydrogen-bond donors (Lipinski definition) is 0. The molecule has 0 spiro atoms. The van der Waals surface area contributed by atoms with Crippen molar-refractivity contribution in [1.29, 1.82) is 0 Å². The summed E-state index contributed by atoms with van der Waals surface area (Å²) in [6.07, 6.45) is 7.78. The van der Waals surface area contributed by atoms with E-state index in [-0.39, 0.29) is 5.91 Å². The Balaban J connectivity index is 2.59. The number of nitrogens with zero attached hydrogens (tertiary/aromatic N) is 1. The lowest BCUT2D eigenvalue weighted by atomic mass is 9.98. The van der Waals surface area contributed by atoms with Gasteiger partial charge in [0.15, 0.2) is 0 Å². The molecule has 3 heteroatoms. The van der Waals surface area contributed by atoms with Gasteiger partial charge < -0.3 is 4.90 Å². The Hall–Kier alpha value is -0.320. The third kappa shape index (κ3) is 6.84. The van der Waals surface area contributed by atoms with Crippen LogP contribution in [0.2, 0.25) is 0 Å². The first-order valence-electron chi connectivity index (χ1n) is 8.35. The van der Waals surface area contributed by atoms with Crippen molar-refractivity contribution in [3.63, 3.8) is 0 Å². The molecular formula is C19H32INO. The molecule has 0 aromatic rings. The number of allylic oxidation sites excluding steroid dienone is 3. The molecule has 22 heavy (non-hydrogen) atoms. The van der Waals surface area contributed by atoms with Crippen LogP contribution in [0.5, 0.6) is 0 Å². The maximum Gasteiger partial charge on any atom is 0.246 e. The maximum absolute atomic E-state index is 12.4. The van der Waals surface area contributed by atoms with Crippen molar-refractivity contribution in [3.05, 3.63) is 23.3 Å². The van der Waals surface area contributed by atoms with Crippen LogP contribution in [-0.2, 0) is 4.79 Å². The molecule has 3 atom stereocenters. The van der Waals surface area contributed by atoms with Crippen LogP contribution in [0.1, 0.15) is 60.8 Å². The first-order chi connectivity index (χ1) is 10.1. The summed E-state index contributed by atoms with van der Waals surface area (Å²) in [5.41, 5.74) is 2.92. The monoisotopic (exact) mass is 417 g/mol. The molecule has 0 aromatic carbocycles. The van der Waals surface area contributed by atoms with Gasteiger partial charge in [0, 0.05) is 23.1 Å². The molecule has 1 saturated carbocycles. The van der Waals surface area contributed by atoms with Crippen molar-refractivity contribution in [1.82, 2.24) is 4.90 Å². The van der Waals surface area contributed by atoms with Crippen molar-refractivity contribution in [2.24, 2.45) is 11.3 Å². The average molecular weight is 417 g/mol. The molecule has 3 unspecified atom stereocenters. The highest BCUT2D eigenvalue weighted by atomic mass is 127. The molecule has 2 nitrogen and oxygen atoms in total. The smallest absolute Gasteiger partial charge is 0.246 e. The van der Waals surface area contributed by atoms with Crippen LogP contribution >= 0.6 is 22.6 Å². The molecule has 1 rings (SSSR count). The molecule has 1 amide bonds. The van der Waals surface area contributed by atoms with Gasteiger partial charge in [0.05, 0.1) is 0 Å². The van der Waals surface area contributed by atoms with Gasteiger partial charge in [-0.25, -0.2) is 0 Å². The van der Waals surface area contributed by atoms with E-state index in [1.807, 2.05) is 13.8 Å². The van der Waals surface area contributed by atoms with Gasteiger partial charge in [-0.1, -0.05) is 53.7 Å². The van der Waals surface area contributed by atoms with Gasteiger partial charge in [-0.3, -0.25) is 4.79 Å². The third-order valence-corrected chi connectivity index (χ3v) is 4.84.